The van der Waals surface area contributed by atoms with E-state index in [4.69, 9.17) is 23.2 Å². The molecular formula is C46H43Cl2FN6O6. The number of nitrogens with zero attached hydrogens (tertiary/aromatic N) is 4. The normalized spacial score (nSPS) is 19.1. The van der Waals surface area contributed by atoms with Crippen molar-refractivity contribution in [3.8, 4) is 28.1 Å². The maximum Gasteiger partial charge on any atom is 0.324 e. The van der Waals surface area contributed by atoms with Crippen LogP contribution in [0.5, 0.6) is 0 Å². The van der Waals surface area contributed by atoms with Crippen molar-refractivity contribution in [3.05, 3.63) is 135 Å². The van der Waals surface area contributed by atoms with Gasteiger partial charge >= 0.3 is 6.03 Å². The third kappa shape index (κ3) is 8.58. The molecule has 2 unspecified atom stereocenters. The van der Waals surface area contributed by atoms with Crippen LogP contribution in [0.3, 0.4) is 0 Å². The molecule has 15 heteroatoms. The average molecular weight is 866 g/mol. The predicted octanol–water partition coefficient (Wildman–Crippen LogP) is 8.17. The molecule has 2 atom stereocenters. The van der Waals surface area contributed by atoms with Crippen LogP contribution in [0.15, 0.2) is 102 Å². The Morgan fingerprint density at radius 2 is 1.21 bits per heavy atom. The van der Waals surface area contributed by atoms with Crippen molar-refractivity contribution in [3.63, 3.8) is 0 Å². The van der Waals surface area contributed by atoms with Crippen molar-refractivity contribution in [2.45, 2.75) is 69.7 Å². The number of rotatable bonds is 6. The zero-order valence-corrected chi connectivity index (χ0v) is 35.2. The lowest BCUT2D eigenvalue weighted by Gasteiger charge is -2.24. The molecule has 1 aliphatic carbocycles. The molecule has 3 aromatic carbocycles. The molecular weight excluding hydrogens is 822 g/mol. The highest BCUT2D eigenvalue weighted by Crippen LogP contribution is 2.49. The summed E-state index contributed by atoms with van der Waals surface area (Å²) in [6.07, 6.45) is 4.97. The topological polar surface area (TPSA) is 151 Å². The monoisotopic (exact) mass is 864 g/mol. The summed E-state index contributed by atoms with van der Waals surface area (Å²) in [5.41, 5.74) is 4.73. The summed E-state index contributed by atoms with van der Waals surface area (Å²) in [5, 5.41) is 5.64. The second-order valence-electron chi connectivity index (χ2n) is 15.1. The predicted molar refractivity (Wildman–Crippen MR) is 231 cm³/mol. The zero-order valence-electron chi connectivity index (χ0n) is 33.7. The molecule has 0 radical (unpaired) electrons. The number of hydrogen-bond donors (Lipinski definition) is 2. The van der Waals surface area contributed by atoms with E-state index >= 15 is 0 Å². The van der Waals surface area contributed by atoms with E-state index in [9.17, 15) is 33.2 Å². The first-order valence-corrected chi connectivity index (χ1v) is 20.8. The second-order valence-corrected chi connectivity index (χ2v) is 15.9. The van der Waals surface area contributed by atoms with Gasteiger partial charge < -0.3 is 4.90 Å². The van der Waals surface area contributed by atoms with Crippen LogP contribution in [-0.2, 0) is 19.2 Å². The number of urea groups is 1. The highest BCUT2D eigenvalue weighted by molar-refractivity contribution is 6.35. The van der Waals surface area contributed by atoms with Crippen molar-refractivity contribution in [1.29, 1.82) is 0 Å². The summed E-state index contributed by atoms with van der Waals surface area (Å²) < 4.78 is 14.9. The third-order valence-electron chi connectivity index (χ3n) is 11.3. The number of carbonyl (C=O) groups is 5. The van der Waals surface area contributed by atoms with Crippen LogP contribution >= 0.6 is 23.2 Å². The number of piperidine rings is 2. The molecule has 9 rings (SSSR count). The summed E-state index contributed by atoms with van der Waals surface area (Å²) in [6, 6.07) is 25.8. The van der Waals surface area contributed by atoms with Crippen LogP contribution in [0.25, 0.3) is 28.1 Å². The Kier molecular flexibility index (Phi) is 12.5. The van der Waals surface area contributed by atoms with Gasteiger partial charge in [0, 0.05) is 61.1 Å². The van der Waals surface area contributed by atoms with Gasteiger partial charge in [0.15, 0.2) is 0 Å². The number of anilines is 1. The fraction of sp³-hybridized carbons (Fsp3) is 0.283. The van der Waals surface area contributed by atoms with Gasteiger partial charge in [0.25, 0.3) is 5.56 Å². The molecule has 6 amide bonds. The Morgan fingerprint density at radius 1 is 0.689 bits per heavy atom. The van der Waals surface area contributed by atoms with Crippen LogP contribution in [-0.4, -0.2) is 63.2 Å². The minimum atomic E-state index is -0.712. The third-order valence-corrected chi connectivity index (χ3v) is 12.1. The molecule has 4 fully saturated rings. The van der Waals surface area contributed by atoms with Crippen LogP contribution in [0, 0.1) is 5.95 Å². The first-order valence-electron chi connectivity index (χ1n) is 20.1. The number of likely N-dealkylation sites (N-methyl/N-ethyl adjacent to an activating group) is 1. The largest absolute Gasteiger partial charge is 0.325 e. The summed E-state index contributed by atoms with van der Waals surface area (Å²) in [6.45, 7) is 4.77. The summed E-state index contributed by atoms with van der Waals surface area (Å²) >= 11 is 13.3. The maximum absolute atomic E-state index is 14.0. The fourth-order valence-electron chi connectivity index (χ4n) is 8.08. The van der Waals surface area contributed by atoms with Gasteiger partial charge in [-0.3, -0.25) is 39.5 Å². The highest BCUT2D eigenvalue weighted by Gasteiger charge is 2.57. The number of amides is 6. The molecule has 3 saturated heterocycles. The van der Waals surface area contributed by atoms with Crippen molar-refractivity contribution in [2.24, 2.45) is 0 Å². The highest BCUT2D eigenvalue weighted by atomic mass is 35.5. The Hall–Kier alpha value is -6.18. The van der Waals surface area contributed by atoms with Gasteiger partial charge in [0.2, 0.25) is 29.6 Å². The van der Waals surface area contributed by atoms with E-state index in [1.54, 1.807) is 29.2 Å². The zero-order chi connectivity index (χ0) is 43.6. The summed E-state index contributed by atoms with van der Waals surface area (Å²) in [5.74, 6) is -2.70. The van der Waals surface area contributed by atoms with Crippen LogP contribution in [0.1, 0.15) is 75.3 Å². The van der Waals surface area contributed by atoms with E-state index in [2.05, 4.69) is 15.6 Å². The molecule has 1 spiro atoms. The minimum Gasteiger partial charge on any atom is -0.325 e. The first-order chi connectivity index (χ1) is 29.3. The number of nitrogens with one attached hydrogen (secondary N) is 2. The van der Waals surface area contributed by atoms with Crippen molar-refractivity contribution in [2.75, 3.05) is 18.5 Å². The van der Waals surface area contributed by atoms with Crippen molar-refractivity contribution in [1.82, 2.24) is 25.1 Å². The lowest BCUT2D eigenvalue weighted by Crippen LogP contribution is -2.39. The SMILES string of the molecule is CC.CN1CC2(CC2)N(c2ccc(-c3cccc(C4CCC(=O)NC4=O)c3Cl)cc2)C1=O.O=C1CCC(c2cccc(-c3ccc(-n4c(F)cccc4=O)nc3)c2Cl)C(=O)N1. The van der Waals surface area contributed by atoms with E-state index in [0.717, 1.165) is 46.3 Å². The number of carbonyl (C=O) groups excluding carboxylic acids is 5. The Labute approximate surface area is 361 Å². The van der Waals surface area contributed by atoms with E-state index in [0.29, 0.717) is 46.0 Å². The fourth-order valence-corrected chi connectivity index (χ4v) is 8.82. The van der Waals surface area contributed by atoms with Gasteiger partial charge in [-0.1, -0.05) is 91.6 Å². The number of hydrogen-bond acceptors (Lipinski definition) is 7. The number of pyridine rings is 2. The molecule has 2 N–H and O–H groups in total. The van der Waals surface area contributed by atoms with E-state index < -0.39 is 23.3 Å². The average Bonchev–Trinajstić information content (AvgIpc) is 3.97. The number of halogens is 3. The van der Waals surface area contributed by atoms with E-state index in [1.807, 2.05) is 68.3 Å². The van der Waals surface area contributed by atoms with E-state index in [1.165, 1.54) is 30.5 Å². The molecule has 3 aliphatic heterocycles. The second kappa shape index (κ2) is 17.8. The molecule has 2 aromatic heterocycles. The molecule has 5 aromatic rings. The van der Waals surface area contributed by atoms with Gasteiger partial charge in [-0.2, -0.15) is 4.39 Å². The van der Waals surface area contributed by atoms with Crippen LogP contribution < -0.4 is 21.1 Å². The van der Waals surface area contributed by atoms with Gasteiger partial charge in [-0.25, -0.2) is 14.3 Å². The van der Waals surface area contributed by atoms with Gasteiger partial charge in [0.1, 0.15) is 5.82 Å². The standard InChI is InChI=1S/C23H22ClN3O3.C21H15ClFN3O3.C2H6/c1-26-13-23(11-12-23)27(22(26)30)15-7-5-14(6-8-15)16-3-2-4-17(20(16)24)18-9-10-19(28)25-21(18)29;22-20-13(3-1-4-14(20)15-8-10-18(27)25-21(15)29)12-7-9-17(24-11-12)26-16(23)5-2-6-19(26)28;1-2/h2-8,18H,9-13H2,1H3,(H,25,28,29);1-7,9,11,15H,8,10H2,(H,25,27,29);1-2H3. The molecule has 1 saturated carbocycles. The summed E-state index contributed by atoms with van der Waals surface area (Å²) in [4.78, 5) is 79.8. The van der Waals surface area contributed by atoms with Crippen LogP contribution in [0.2, 0.25) is 10.0 Å². The van der Waals surface area contributed by atoms with Gasteiger partial charge in [-0.05, 0) is 72.7 Å². The lowest BCUT2D eigenvalue weighted by molar-refractivity contribution is -0.135. The molecule has 4 aliphatic rings. The minimum absolute atomic E-state index is 0.0399. The number of benzene rings is 3. The molecule has 5 heterocycles. The Bertz CT molecular complexity index is 2600. The van der Waals surface area contributed by atoms with Gasteiger partial charge in [0.05, 0.1) is 27.4 Å². The molecule has 314 valence electrons. The smallest absolute Gasteiger partial charge is 0.324 e. The van der Waals surface area contributed by atoms with Crippen molar-refractivity contribution < 1.29 is 28.4 Å². The van der Waals surface area contributed by atoms with Crippen LogP contribution in [0.4, 0.5) is 14.9 Å². The van der Waals surface area contributed by atoms with Gasteiger partial charge in [-0.15, -0.1) is 0 Å². The number of imide groups is 2. The molecule has 12 nitrogen and oxygen atoms in total. The van der Waals surface area contributed by atoms with E-state index in [-0.39, 0.29) is 47.4 Å². The Morgan fingerprint density at radius 3 is 1.70 bits per heavy atom. The van der Waals surface area contributed by atoms with Crippen molar-refractivity contribution >= 4 is 58.5 Å². The summed E-state index contributed by atoms with van der Waals surface area (Å²) in [7, 11) is 1.84. The quantitative estimate of drug-likeness (QED) is 0.129. The Balaban J connectivity index is 0.000000177. The lowest BCUT2D eigenvalue weighted by atomic mass is 9.88. The maximum atomic E-state index is 14.0. The first kappa shape index (κ1) is 42.9. The molecule has 61 heavy (non-hydrogen) atoms. The molecule has 0 bridgehead atoms. The number of aromatic nitrogens is 2.